The van der Waals surface area contributed by atoms with Gasteiger partial charge in [0.25, 0.3) is 0 Å². The number of benzene rings is 10. The van der Waals surface area contributed by atoms with Gasteiger partial charge in [0.2, 0.25) is 7.28 Å². The second-order valence-corrected chi connectivity index (χ2v) is 20.5. The molecular weight excluding hydrogens is 806 g/mol. The highest BCUT2D eigenvalue weighted by Gasteiger charge is 2.43. The van der Waals surface area contributed by atoms with E-state index in [0.717, 1.165) is 61.5 Å². The van der Waals surface area contributed by atoms with Gasteiger partial charge in [-0.2, -0.15) is 0 Å². The number of hydrogen-bond acceptors (Lipinski definition) is 2. The van der Waals surface area contributed by atoms with Crippen molar-refractivity contribution in [1.82, 2.24) is 4.57 Å². The fourth-order valence-electron chi connectivity index (χ4n) is 10.3. The van der Waals surface area contributed by atoms with Gasteiger partial charge in [-0.25, -0.2) is 0 Å². The number of fused-ring (bicyclic) bond motifs is 5. The van der Waals surface area contributed by atoms with Crippen LogP contribution in [-0.2, 0) is 0 Å². The molecule has 0 saturated heterocycles. The molecule has 2 heterocycles. The number of nitrogens with zero attached hydrogens (tertiary/aromatic N) is 1. The minimum Gasteiger partial charge on any atom is -0.507 e. The summed E-state index contributed by atoms with van der Waals surface area (Å²) in [6.45, 7) is 0. The molecule has 0 fully saturated rings. The molecule has 0 spiro atoms. The number of rotatable bonds is 8. The first-order valence-electron chi connectivity index (χ1n) is 22.1. The van der Waals surface area contributed by atoms with E-state index >= 15 is 0 Å². The molecule has 1 aliphatic heterocycles. The maximum atomic E-state index is 12.1. The van der Waals surface area contributed by atoms with E-state index in [1.807, 2.05) is 18.2 Å². The Morgan fingerprint density at radius 1 is 0.400 bits per heavy atom. The van der Waals surface area contributed by atoms with Gasteiger partial charge in [0.05, 0.1) is 11.0 Å². The second-order valence-electron chi connectivity index (χ2n) is 16.8. The largest absolute Gasteiger partial charge is 0.507 e. The number of phenolic OH excluding ortho intramolecular Hbond substituents is 1. The molecule has 0 bridgehead atoms. The Hall–Kier alpha value is -8.12. The van der Waals surface area contributed by atoms with Crippen molar-refractivity contribution in [2.45, 2.75) is 0 Å². The average Bonchev–Trinajstić information content (AvgIpc) is 3.71. The summed E-state index contributed by atoms with van der Waals surface area (Å²) in [7, 11) is -0.648. The molecule has 0 saturated carbocycles. The van der Waals surface area contributed by atoms with Crippen molar-refractivity contribution in [3.63, 3.8) is 0 Å². The molecule has 5 heteroatoms. The lowest BCUT2D eigenvalue weighted by Gasteiger charge is -2.36. The van der Waals surface area contributed by atoms with Crippen LogP contribution in [0.4, 0.5) is 0 Å². The van der Waals surface area contributed by atoms with Crippen molar-refractivity contribution in [3.05, 3.63) is 243 Å². The molecule has 305 valence electrons. The highest BCUT2D eigenvalue weighted by molar-refractivity contribution is 7.20. The van der Waals surface area contributed by atoms with Crippen LogP contribution in [0.15, 0.2) is 243 Å². The van der Waals surface area contributed by atoms with E-state index in [1.54, 1.807) is 0 Å². The first-order chi connectivity index (χ1) is 32.1. The molecule has 1 aromatic heterocycles. The topological polar surface area (TPSA) is 34.4 Å². The molecule has 11 aromatic rings. The van der Waals surface area contributed by atoms with Crippen LogP contribution in [0.5, 0.6) is 17.2 Å². The van der Waals surface area contributed by atoms with Gasteiger partial charge in [-0.15, -0.1) is 0 Å². The third-order valence-electron chi connectivity index (χ3n) is 13.2. The molecule has 10 aromatic carbocycles. The lowest BCUT2D eigenvalue weighted by atomic mass is 9.59. The van der Waals surface area contributed by atoms with Gasteiger partial charge in [-0.1, -0.05) is 200 Å². The van der Waals surface area contributed by atoms with E-state index < -0.39 is 8.07 Å². The molecule has 0 atom stereocenters. The maximum absolute atomic E-state index is 12.1. The third-order valence-corrected chi connectivity index (χ3v) is 18.0. The Balaban J connectivity index is 0.918. The summed E-state index contributed by atoms with van der Waals surface area (Å²) in [4.78, 5) is 0. The van der Waals surface area contributed by atoms with E-state index in [4.69, 9.17) is 4.74 Å². The normalized spacial score (nSPS) is 12.0. The minimum absolute atomic E-state index is 0.215. The summed E-state index contributed by atoms with van der Waals surface area (Å²) < 4.78 is 8.97. The summed E-state index contributed by atoms with van der Waals surface area (Å²) in [5.74, 6) is 1.78. The van der Waals surface area contributed by atoms with Crippen LogP contribution in [0.3, 0.4) is 0 Å². The Bertz CT molecular complexity index is 3420. The minimum atomic E-state index is -2.85. The van der Waals surface area contributed by atoms with Gasteiger partial charge in [-0.05, 0) is 102 Å². The Morgan fingerprint density at radius 2 is 0.954 bits per heavy atom. The van der Waals surface area contributed by atoms with Gasteiger partial charge in [-0.3, -0.25) is 0 Å². The average molecular weight is 847 g/mol. The molecule has 12 rings (SSSR count). The van der Waals surface area contributed by atoms with E-state index in [2.05, 4.69) is 236 Å². The van der Waals surface area contributed by atoms with Gasteiger partial charge in [0, 0.05) is 22.0 Å². The van der Waals surface area contributed by atoms with E-state index in [-0.39, 0.29) is 5.75 Å². The smallest absolute Gasteiger partial charge is 0.202 e. The fraction of sp³-hybridized carbons (Fsp3) is 0. The Morgan fingerprint density at radius 3 is 1.62 bits per heavy atom. The van der Waals surface area contributed by atoms with Gasteiger partial charge in [0.1, 0.15) is 17.2 Å². The first-order valence-corrected chi connectivity index (χ1v) is 24.1. The second kappa shape index (κ2) is 15.9. The standard InChI is InChI=1S/C60H41BNO2Si/c63-56-40-43(48-26-12-15-33-59(48)65(45-20-4-1-5-21-45,46-22-6-2-7-23-46)47-24-8-3-9-25-47)34-36-51(56)52-29-17-32-58-60(52)61-53-39-42(35-37-57(53)64-58)41-18-16-19-44(38-41)62-54-30-13-10-27-49(54)50-28-11-14-31-55(50)62/h1-40,63H. The van der Waals surface area contributed by atoms with Crippen molar-refractivity contribution < 1.29 is 9.84 Å². The number of para-hydroxylation sites is 2. The third kappa shape index (κ3) is 6.43. The van der Waals surface area contributed by atoms with Crippen LogP contribution < -0.4 is 36.4 Å². The molecule has 0 unspecified atom stereocenters. The molecule has 1 N–H and O–H groups in total. The van der Waals surface area contributed by atoms with Crippen molar-refractivity contribution in [3.8, 4) is 56.3 Å². The van der Waals surface area contributed by atoms with E-state index in [1.165, 1.54) is 42.6 Å². The lowest BCUT2D eigenvalue weighted by Crippen LogP contribution is -2.75. The highest BCUT2D eigenvalue weighted by atomic mass is 28.3. The Labute approximate surface area is 380 Å². The highest BCUT2D eigenvalue weighted by Crippen LogP contribution is 2.37. The molecular formula is C60H41BNO2Si. The molecule has 0 aliphatic carbocycles. The molecule has 3 nitrogen and oxygen atoms in total. The van der Waals surface area contributed by atoms with Crippen LogP contribution in [0, 0.1) is 0 Å². The van der Waals surface area contributed by atoms with Gasteiger partial charge < -0.3 is 14.4 Å². The summed E-state index contributed by atoms with van der Waals surface area (Å²) in [5.41, 5.74) is 11.3. The lowest BCUT2D eigenvalue weighted by molar-refractivity contribution is 0.477. The van der Waals surface area contributed by atoms with Gasteiger partial charge in [0.15, 0.2) is 8.07 Å². The zero-order chi connectivity index (χ0) is 43.3. The summed E-state index contributed by atoms with van der Waals surface area (Å²) in [5, 5.41) is 19.8. The number of hydrogen-bond donors (Lipinski definition) is 1. The van der Waals surface area contributed by atoms with Crippen molar-refractivity contribution in [2.75, 3.05) is 0 Å². The Kier molecular flexibility index (Phi) is 9.43. The van der Waals surface area contributed by atoms with Crippen LogP contribution in [0.25, 0.3) is 60.9 Å². The summed E-state index contributed by atoms with van der Waals surface area (Å²) in [6.07, 6.45) is 0. The first kappa shape index (κ1) is 38.5. The number of phenols is 1. The van der Waals surface area contributed by atoms with Crippen molar-refractivity contribution in [2.24, 2.45) is 0 Å². The SMILES string of the molecule is Oc1cc(-c2ccccc2[Si](c2ccccc2)(c2ccccc2)c2ccccc2)ccc1-c1cccc2c1[B]c1cc(-c3cccc(-n4c5ccccc5c5ccccc54)c3)ccc1O2. The molecule has 1 radical (unpaired) electrons. The quantitative estimate of drug-likeness (QED) is 0.122. The fourth-order valence-corrected chi connectivity index (χ4v) is 15.3. The number of ether oxygens (including phenoxy) is 1. The molecule has 0 amide bonds. The maximum Gasteiger partial charge on any atom is 0.202 e. The summed E-state index contributed by atoms with van der Waals surface area (Å²) >= 11 is 0. The number of aromatic nitrogens is 1. The zero-order valence-corrected chi connectivity index (χ0v) is 36.5. The van der Waals surface area contributed by atoms with Crippen LogP contribution in [0.2, 0.25) is 0 Å². The zero-order valence-electron chi connectivity index (χ0n) is 35.5. The van der Waals surface area contributed by atoms with Gasteiger partial charge >= 0.3 is 0 Å². The van der Waals surface area contributed by atoms with Crippen LogP contribution >= 0.6 is 0 Å². The van der Waals surface area contributed by atoms with Crippen LogP contribution in [-0.4, -0.2) is 25.0 Å². The van der Waals surface area contributed by atoms with E-state index in [0.29, 0.717) is 0 Å². The summed E-state index contributed by atoms with van der Waals surface area (Å²) in [6, 6.07) is 86.3. The monoisotopic (exact) mass is 846 g/mol. The van der Waals surface area contributed by atoms with Crippen molar-refractivity contribution in [1.29, 1.82) is 0 Å². The van der Waals surface area contributed by atoms with Crippen LogP contribution in [0.1, 0.15) is 0 Å². The predicted octanol–water partition coefficient (Wildman–Crippen LogP) is 10.6. The van der Waals surface area contributed by atoms with E-state index in [9.17, 15) is 5.11 Å². The predicted molar refractivity (Wildman–Crippen MR) is 274 cm³/mol. The molecule has 65 heavy (non-hydrogen) atoms. The molecule has 1 aliphatic rings. The number of aromatic hydroxyl groups is 1. The van der Waals surface area contributed by atoms with Crippen molar-refractivity contribution >= 4 is 68.8 Å².